The molecular formula is C11H16ClNO. The maximum atomic E-state index is 5.58. The molecule has 0 saturated carbocycles. The van der Waals surface area contributed by atoms with E-state index in [4.69, 9.17) is 4.74 Å². The lowest BCUT2D eigenvalue weighted by molar-refractivity contribution is 0.0149. The van der Waals surface area contributed by atoms with Gasteiger partial charge in [-0.3, -0.25) is 0 Å². The van der Waals surface area contributed by atoms with Gasteiger partial charge in [-0.15, -0.1) is 12.4 Å². The third kappa shape index (κ3) is 2.71. The van der Waals surface area contributed by atoms with Gasteiger partial charge < -0.3 is 10.1 Å². The number of hydrogen-bond acceptors (Lipinski definition) is 2. The van der Waals surface area contributed by atoms with Gasteiger partial charge in [-0.25, -0.2) is 0 Å². The van der Waals surface area contributed by atoms with Crippen molar-refractivity contribution in [3.63, 3.8) is 0 Å². The molecule has 1 fully saturated rings. The Hall–Kier alpha value is -0.570. The summed E-state index contributed by atoms with van der Waals surface area (Å²) in [6.07, 6.45) is 0.347. The molecule has 1 aliphatic rings. The van der Waals surface area contributed by atoms with E-state index in [9.17, 15) is 0 Å². The average molecular weight is 214 g/mol. The number of hydrogen-bond donors (Lipinski definition) is 1. The summed E-state index contributed by atoms with van der Waals surface area (Å²) in [5.41, 5.74) is 1.31. The van der Waals surface area contributed by atoms with Crippen LogP contribution < -0.4 is 5.32 Å². The molecule has 1 aromatic rings. The monoisotopic (exact) mass is 213 g/mol. The van der Waals surface area contributed by atoms with Gasteiger partial charge in [-0.05, 0) is 12.5 Å². The first-order chi connectivity index (χ1) is 6.36. The van der Waals surface area contributed by atoms with Crippen LogP contribution in [0.1, 0.15) is 18.5 Å². The molecule has 0 unspecified atom stereocenters. The van der Waals surface area contributed by atoms with Crippen LogP contribution in [0.2, 0.25) is 0 Å². The minimum Gasteiger partial charge on any atom is -0.375 e. The van der Waals surface area contributed by atoms with E-state index in [2.05, 4.69) is 36.5 Å². The van der Waals surface area contributed by atoms with Crippen LogP contribution in [0.3, 0.4) is 0 Å². The fourth-order valence-corrected chi connectivity index (χ4v) is 1.59. The predicted octanol–water partition coefficient (Wildman–Crippen LogP) is 2.16. The molecule has 2 rings (SSSR count). The molecule has 1 heterocycles. The summed E-state index contributed by atoms with van der Waals surface area (Å²) >= 11 is 0. The fourth-order valence-electron chi connectivity index (χ4n) is 1.59. The highest BCUT2D eigenvalue weighted by Crippen LogP contribution is 2.16. The van der Waals surface area contributed by atoms with Crippen LogP contribution in [0.5, 0.6) is 0 Å². The van der Waals surface area contributed by atoms with Crippen LogP contribution in [0.15, 0.2) is 30.3 Å². The smallest absolute Gasteiger partial charge is 0.0672 e. The van der Waals surface area contributed by atoms with Crippen molar-refractivity contribution >= 4 is 12.4 Å². The van der Waals surface area contributed by atoms with Gasteiger partial charge in [0.25, 0.3) is 0 Å². The van der Waals surface area contributed by atoms with Crippen molar-refractivity contribution in [2.24, 2.45) is 0 Å². The Labute approximate surface area is 91.1 Å². The average Bonchev–Trinajstić information content (AvgIpc) is 2.20. The summed E-state index contributed by atoms with van der Waals surface area (Å²) in [5.74, 6) is 0. The van der Waals surface area contributed by atoms with Crippen molar-refractivity contribution in [1.29, 1.82) is 0 Å². The normalized spacial score (nSPS) is 26.6. The Kier molecular flexibility index (Phi) is 4.39. The van der Waals surface area contributed by atoms with Gasteiger partial charge in [-0.1, -0.05) is 30.3 Å². The standard InChI is InChI=1S/C11H15NO.ClH/c1-9-7-12-11(8-13-9)10-5-3-2-4-6-10;/h2-6,9,11-12H,7-8H2,1H3;1H/t9-,11-;/m1./s1. The van der Waals surface area contributed by atoms with Crippen LogP contribution in [0, 0.1) is 0 Å². The van der Waals surface area contributed by atoms with Crippen LogP contribution >= 0.6 is 12.4 Å². The van der Waals surface area contributed by atoms with E-state index in [0.29, 0.717) is 12.1 Å². The number of ether oxygens (including phenoxy) is 1. The van der Waals surface area contributed by atoms with Crippen molar-refractivity contribution in [2.75, 3.05) is 13.2 Å². The van der Waals surface area contributed by atoms with Gasteiger partial charge in [0, 0.05) is 6.54 Å². The fraction of sp³-hybridized carbons (Fsp3) is 0.455. The lowest BCUT2D eigenvalue weighted by atomic mass is 10.1. The van der Waals surface area contributed by atoms with Gasteiger partial charge in [0.15, 0.2) is 0 Å². The van der Waals surface area contributed by atoms with Gasteiger partial charge in [0.2, 0.25) is 0 Å². The van der Waals surface area contributed by atoms with Gasteiger partial charge in [-0.2, -0.15) is 0 Å². The molecule has 2 nitrogen and oxygen atoms in total. The Bertz CT molecular complexity index is 257. The predicted molar refractivity (Wildman–Crippen MR) is 59.8 cm³/mol. The Morgan fingerprint density at radius 3 is 2.57 bits per heavy atom. The summed E-state index contributed by atoms with van der Waals surface area (Å²) in [4.78, 5) is 0. The van der Waals surface area contributed by atoms with Crippen LogP contribution in [-0.4, -0.2) is 19.3 Å². The van der Waals surface area contributed by atoms with E-state index in [1.807, 2.05) is 6.07 Å². The van der Waals surface area contributed by atoms with E-state index in [1.54, 1.807) is 0 Å². The highest BCUT2D eigenvalue weighted by atomic mass is 35.5. The molecule has 3 heteroatoms. The topological polar surface area (TPSA) is 21.3 Å². The minimum atomic E-state index is 0. The second kappa shape index (κ2) is 5.35. The number of morpholine rings is 1. The van der Waals surface area contributed by atoms with Crippen LogP contribution in [0.4, 0.5) is 0 Å². The molecule has 0 amide bonds. The SMILES string of the molecule is C[C@@H]1CN[C@@H](c2ccccc2)CO1.Cl. The zero-order valence-corrected chi connectivity index (χ0v) is 9.09. The Morgan fingerprint density at radius 1 is 1.29 bits per heavy atom. The first-order valence-corrected chi connectivity index (χ1v) is 4.76. The second-order valence-corrected chi connectivity index (χ2v) is 3.52. The molecule has 2 atom stereocenters. The highest BCUT2D eigenvalue weighted by Gasteiger charge is 2.18. The quantitative estimate of drug-likeness (QED) is 0.772. The number of nitrogens with one attached hydrogen (secondary N) is 1. The largest absolute Gasteiger partial charge is 0.375 e. The minimum absolute atomic E-state index is 0. The third-order valence-corrected chi connectivity index (χ3v) is 2.40. The summed E-state index contributed by atoms with van der Waals surface area (Å²) < 4.78 is 5.58. The molecule has 14 heavy (non-hydrogen) atoms. The molecule has 0 aromatic heterocycles. The molecule has 1 saturated heterocycles. The van der Waals surface area contributed by atoms with E-state index in [0.717, 1.165) is 13.2 Å². The maximum Gasteiger partial charge on any atom is 0.0672 e. The molecule has 1 N–H and O–H groups in total. The third-order valence-electron chi connectivity index (χ3n) is 2.40. The highest BCUT2D eigenvalue weighted by molar-refractivity contribution is 5.85. The second-order valence-electron chi connectivity index (χ2n) is 3.52. The molecule has 0 radical (unpaired) electrons. The molecule has 1 aromatic carbocycles. The zero-order chi connectivity index (χ0) is 9.10. The molecule has 0 bridgehead atoms. The maximum absolute atomic E-state index is 5.58. The van der Waals surface area contributed by atoms with Gasteiger partial charge in [0.1, 0.15) is 0 Å². The number of rotatable bonds is 1. The van der Waals surface area contributed by atoms with Gasteiger partial charge >= 0.3 is 0 Å². The summed E-state index contributed by atoms with van der Waals surface area (Å²) in [6.45, 7) is 3.82. The van der Waals surface area contributed by atoms with E-state index in [1.165, 1.54) is 5.56 Å². The van der Waals surface area contributed by atoms with Crippen LogP contribution in [-0.2, 0) is 4.74 Å². The van der Waals surface area contributed by atoms with Gasteiger partial charge in [0.05, 0.1) is 18.8 Å². The zero-order valence-electron chi connectivity index (χ0n) is 8.27. The van der Waals surface area contributed by atoms with E-state index >= 15 is 0 Å². The molecule has 0 spiro atoms. The lowest BCUT2D eigenvalue weighted by Crippen LogP contribution is -2.39. The first kappa shape index (κ1) is 11.5. The number of benzene rings is 1. The lowest BCUT2D eigenvalue weighted by Gasteiger charge is -2.28. The molecule has 1 aliphatic heterocycles. The van der Waals surface area contributed by atoms with Crippen molar-refractivity contribution in [2.45, 2.75) is 19.1 Å². The van der Waals surface area contributed by atoms with Crippen molar-refractivity contribution in [3.05, 3.63) is 35.9 Å². The van der Waals surface area contributed by atoms with E-state index in [-0.39, 0.29) is 12.4 Å². The van der Waals surface area contributed by atoms with Crippen molar-refractivity contribution < 1.29 is 4.74 Å². The number of halogens is 1. The summed E-state index contributed by atoms with van der Waals surface area (Å²) in [5, 5.41) is 3.46. The first-order valence-electron chi connectivity index (χ1n) is 4.76. The Balaban J connectivity index is 0.000000980. The summed E-state index contributed by atoms with van der Waals surface area (Å²) in [7, 11) is 0. The van der Waals surface area contributed by atoms with Crippen LogP contribution in [0.25, 0.3) is 0 Å². The molecular weight excluding hydrogens is 198 g/mol. The van der Waals surface area contributed by atoms with Crippen molar-refractivity contribution in [3.8, 4) is 0 Å². The van der Waals surface area contributed by atoms with Crippen molar-refractivity contribution in [1.82, 2.24) is 5.32 Å². The Morgan fingerprint density at radius 2 is 2.00 bits per heavy atom. The molecule has 0 aliphatic carbocycles. The molecule has 78 valence electrons. The van der Waals surface area contributed by atoms with E-state index < -0.39 is 0 Å². The summed E-state index contributed by atoms with van der Waals surface area (Å²) in [6, 6.07) is 10.8.